The molecule has 0 atom stereocenters. The fourth-order valence-corrected chi connectivity index (χ4v) is 3.63. The number of nitrogen functional groups attached to an aromatic ring is 1. The topological polar surface area (TPSA) is 109 Å². The summed E-state index contributed by atoms with van der Waals surface area (Å²) in [5.41, 5.74) is 7.73. The molecule has 2 heterocycles. The number of nitrogens with zero attached hydrogens (tertiary/aromatic N) is 4. The van der Waals surface area contributed by atoms with Gasteiger partial charge in [0.25, 0.3) is 0 Å². The van der Waals surface area contributed by atoms with Crippen LogP contribution in [0.15, 0.2) is 53.8 Å². The molecular weight excluding hydrogens is 424 g/mol. The molecule has 3 rings (SSSR count). The monoisotopic (exact) mass is 439 g/mol. The fourth-order valence-electron chi connectivity index (χ4n) is 2.70. The molecule has 0 radical (unpaired) electrons. The highest BCUT2D eigenvalue weighted by atomic mass is 32.2. The molecule has 0 spiro atoms. The summed E-state index contributed by atoms with van der Waals surface area (Å²) in [6, 6.07) is 11.1. The summed E-state index contributed by atoms with van der Waals surface area (Å²) >= 11 is 1.27. The molecule has 0 aliphatic carbocycles. The Kier molecular flexibility index (Phi) is 6.65. The Hall–Kier alpha value is -3.73. The summed E-state index contributed by atoms with van der Waals surface area (Å²) in [5.74, 6) is 0.262. The van der Waals surface area contributed by atoms with Crippen molar-refractivity contribution in [1.29, 1.82) is 5.26 Å². The molecule has 0 fully saturated rings. The second kappa shape index (κ2) is 9.39. The predicted molar refractivity (Wildman–Crippen MR) is 112 cm³/mol. The molecule has 2 aromatic heterocycles. The average molecular weight is 439 g/mol. The van der Waals surface area contributed by atoms with Gasteiger partial charge in [-0.05, 0) is 29.3 Å². The summed E-state index contributed by atoms with van der Waals surface area (Å²) in [5, 5.41) is 18.8. The maximum Gasteiger partial charge on any atom is 0.421 e. The van der Waals surface area contributed by atoms with E-state index in [-0.39, 0.29) is 28.4 Å². The maximum atomic E-state index is 13.2. The van der Waals surface area contributed by atoms with E-state index in [9.17, 15) is 14.0 Å². The van der Waals surface area contributed by atoms with Crippen molar-refractivity contribution < 1.29 is 18.6 Å². The summed E-state index contributed by atoms with van der Waals surface area (Å²) < 4.78 is 30.9. The minimum atomic E-state index is -3.72. The van der Waals surface area contributed by atoms with E-state index >= 15 is 0 Å². The number of aliphatic hydroxyl groups is 1. The molecule has 0 unspecified atom stereocenters. The first kappa shape index (κ1) is 22.0. The van der Waals surface area contributed by atoms with Crippen LogP contribution in [0, 0.1) is 17.9 Å². The van der Waals surface area contributed by atoms with Crippen LogP contribution in [0.25, 0.3) is 16.0 Å². The van der Waals surface area contributed by atoms with Crippen LogP contribution in [0.3, 0.4) is 0 Å². The van der Waals surface area contributed by atoms with Crippen LogP contribution in [0.1, 0.15) is 11.1 Å². The number of thioether (sulfide) groups is 1. The van der Waals surface area contributed by atoms with Crippen molar-refractivity contribution in [3.05, 3.63) is 71.3 Å². The minimum Gasteiger partial charge on any atom is -0.431 e. The third-order valence-corrected chi connectivity index (χ3v) is 5.13. The molecular formula is C21H15F2N5O2S. The molecule has 31 heavy (non-hydrogen) atoms. The lowest BCUT2D eigenvalue weighted by Gasteiger charge is -2.16. The molecule has 0 aliphatic heterocycles. The van der Waals surface area contributed by atoms with Crippen LogP contribution < -0.4 is 10.5 Å². The van der Waals surface area contributed by atoms with Crippen LogP contribution in [0.5, 0.6) is 5.75 Å². The SMILES string of the molecule is [C-]#[N+]c1c(N)nc(SCc2cccnc2)c(C#N)c1-c1ccc(OC(F)(F)CO)cc1. The Balaban J connectivity index is 2.01. The number of hydrogen-bond donors (Lipinski definition) is 2. The van der Waals surface area contributed by atoms with Gasteiger partial charge in [-0.25, -0.2) is 9.83 Å². The second-order valence-corrected chi connectivity index (χ2v) is 7.16. The standard InChI is InChI=1S/C21H15F2N5O2S/c1-26-18-17(14-4-6-15(7-5-14)30-21(22,23)12-29)16(9-24)20(28-19(18)25)31-11-13-3-2-8-27-10-13/h2-8,10,29H,11-12H2,(H2,25,28). The van der Waals surface area contributed by atoms with Crippen molar-refractivity contribution in [1.82, 2.24) is 9.97 Å². The summed E-state index contributed by atoms with van der Waals surface area (Å²) in [6.07, 6.45) is -0.381. The van der Waals surface area contributed by atoms with Gasteiger partial charge in [0.1, 0.15) is 29.3 Å². The molecule has 3 N–H and O–H groups in total. The number of ether oxygens (including phenoxy) is 1. The number of alkyl halides is 2. The Bertz CT molecular complexity index is 1160. The molecule has 0 saturated heterocycles. The molecule has 0 saturated carbocycles. The minimum absolute atomic E-state index is 0.00312. The van der Waals surface area contributed by atoms with Crippen molar-refractivity contribution in [2.45, 2.75) is 16.9 Å². The Morgan fingerprint density at radius 3 is 2.61 bits per heavy atom. The van der Waals surface area contributed by atoms with E-state index in [1.54, 1.807) is 18.5 Å². The van der Waals surface area contributed by atoms with Gasteiger partial charge in [0.2, 0.25) is 5.69 Å². The lowest BCUT2D eigenvalue weighted by Crippen LogP contribution is -2.28. The number of hydrogen-bond acceptors (Lipinski definition) is 7. The lowest BCUT2D eigenvalue weighted by molar-refractivity contribution is -0.200. The Morgan fingerprint density at radius 1 is 1.29 bits per heavy atom. The number of benzene rings is 1. The van der Waals surface area contributed by atoms with E-state index < -0.39 is 12.7 Å². The molecule has 156 valence electrons. The normalized spacial score (nSPS) is 10.9. The highest BCUT2D eigenvalue weighted by molar-refractivity contribution is 7.98. The number of halogens is 2. The fraction of sp³-hybridized carbons (Fsp3) is 0.143. The molecule has 1 aromatic carbocycles. The van der Waals surface area contributed by atoms with E-state index in [1.165, 1.54) is 36.0 Å². The maximum absolute atomic E-state index is 13.2. The van der Waals surface area contributed by atoms with Crippen LogP contribution >= 0.6 is 11.8 Å². The van der Waals surface area contributed by atoms with Gasteiger partial charge < -0.3 is 15.6 Å². The van der Waals surface area contributed by atoms with Crippen LogP contribution in [0.2, 0.25) is 0 Å². The van der Waals surface area contributed by atoms with Crippen molar-refractivity contribution in [3.63, 3.8) is 0 Å². The Labute approximate surface area is 181 Å². The largest absolute Gasteiger partial charge is 0.431 e. The number of aromatic nitrogens is 2. The van der Waals surface area contributed by atoms with Gasteiger partial charge in [-0.1, -0.05) is 18.2 Å². The van der Waals surface area contributed by atoms with Gasteiger partial charge in [0.05, 0.1) is 12.1 Å². The van der Waals surface area contributed by atoms with E-state index in [2.05, 4.69) is 25.6 Å². The zero-order valence-electron chi connectivity index (χ0n) is 15.9. The van der Waals surface area contributed by atoms with Gasteiger partial charge in [-0.3, -0.25) is 4.98 Å². The van der Waals surface area contributed by atoms with Gasteiger partial charge >= 0.3 is 6.11 Å². The van der Waals surface area contributed by atoms with Gasteiger partial charge in [-0.2, -0.15) is 14.0 Å². The quantitative estimate of drug-likeness (QED) is 0.415. The van der Waals surface area contributed by atoms with Crippen LogP contribution in [-0.2, 0) is 5.75 Å². The van der Waals surface area contributed by atoms with Crippen molar-refractivity contribution >= 4 is 23.3 Å². The summed E-state index contributed by atoms with van der Waals surface area (Å²) in [7, 11) is 0. The van der Waals surface area contributed by atoms with Gasteiger partial charge in [0.15, 0.2) is 0 Å². The Morgan fingerprint density at radius 2 is 2.03 bits per heavy atom. The van der Waals surface area contributed by atoms with E-state index in [0.717, 1.165) is 5.56 Å². The van der Waals surface area contributed by atoms with Crippen molar-refractivity contribution in [3.8, 4) is 22.9 Å². The van der Waals surface area contributed by atoms with Crippen LogP contribution in [-0.4, -0.2) is 27.8 Å². The number of anilines is 1. The molecule has 0 bridgehead atoms. The van der Waals surface area contributed by atoms with Crippen molar-refractivity contribution in [2.75, 3.05) is 12.3 Å². The second-order valence-electron chi connectivity index (χ2n) is 6.20. The molecule has 0 amide bonds. The number of rotatable bonds is 7. The zero-order valence-corrected chi connectivity index (χ0v) is 16.7. The van der Waals surface area contributed by atoms with Gasteiger partial charge in [-0.15, -0.1) is 11.8 Å². The highest BCUT2D eigenvalue weighted by Crippen LogP contribution is 2.42. The van der Waals surface area contributed by atoms with E-state index in [0.29, 0.717) is 16.3 Å². The lowest BCUT2D eigenvalue weighted by atomic mass is 10.00. The third kappa shape index (κ3) is 5.07. The zero-order chi connectivity index (χ0) is 22.4. The van der Waals surface area contributed by atoms with Gasteiger partial charge in [0, 0.05) is 23.7 Å². The molecule has 0 aliphatic rings. The third-order valence-electron chi connectivity index (χ3n) is 4.08. The van der Waals surface area contributed by atoms with Crippen molar-refractivity contribution in [2.24, 2.45) is 0 Å². The molecule has 3 aromatic rings. The number of pyridine rings is 2. The number of nitriles is 1. The molecule has 10 heteroatoms. The van der Waals surface area contributed by atoms with E-state index in [4.69, 9.17) is 17.4 Å². The summed E-state index contributed by atoms with van der Waals surface area (Å²) in [6.45, 7) is 6.00. The predicted octanol–water partition coefficient (Wildman–Crippen LogP) is 4.40. The molecule has 7 nitrogen and oxygen atoms in total. The number of aliphatic hydroxyl groups excluding tert-OH is 1. The van der Waals surface area contributed by atoms with E-state index in [1.807, 2.05) is 6.07 Å². The highest BCUT2D eigenvalue weighted by Gasteiger charge is 2.30. The van der Waals surface area contributed by atoms with Crippen LogP contribution in [0.4, 0.5) is 20.3 Å². The smallest absolute Gasteiger partial charge is 0.421 e. The summed E-state index contributed by atoms with van der Waals surface area (Å²) in [4.78, 5) is 11.7. The first-order chi connectivity index (χ1) is 14.9. The number of nitrogens with two attached hydrogens (primary N) is 1. The first-order valence-electron chi connectivity index (χ1n) is 8.79. The average Bonchev–Trinajstić information content (AvgIpc) is 2.78. The first-order valence-corrected chi connectivity index (χ1v) is 9.78.